The number of nitrogens with one attached hydrogen (secondary N) is 1. The van der Waals surface area contributed by atoms with Crippen LogP contribution < -0.4 is 19.5 Å². The number of benzene rings is 3. The van der Waals surface area contributed by atoms with Crippen molar-refractivity contribution < 1.29 is 19.0 Å². The summed E-state index contributed by atoms with van der Waals surface area (Å²) in [6, 6.07) is 19.4. The van der Waals surface area contributed by atoms with E-state index >= 15 is 0 Å². The highest BCUT2D eigenvalue weighted by Crippen LogP contribution is 2.35. The lowest BCUT2D eigenvalue weighted by molar-refractivity contribution is -0.128. The van der Waals surface area contributed by atoms with Crippen LogP contribution in [0.1, 0.15) is 36.0 Å². The van der Waals surface area contributed by atoms with Crippen LogP contribution >= 0.6 is 23.2 Å². The Morgan fingerprint density at radius 2 is 1.72 bits per heavy atom. The fourth-order valence-corrected chi connectivity index (χ4v) is 5.26. The Hall–Kier alpha value is -3.19. The average Bonchev–Trinajstić information content (AvgIpc) is 3.82. The standard InChI is InChI=1S/C31H32Cl2N2O4/c1-37-25-13-20(14-26(16-25)38-2)19-39-24-7-3-5-21(15-24)27-11-12-34-17-28(27)31(36)35(23-9-10-23)18-22-6-4-8-29(32)30(22)33/h3-8,13-16,23,34H,9-12,17-19H2,1-2H3. The van der Waals surface area contributed by atoms with Gasteiger partial charge in [-0.2, -0.15) is 0 Å². The minimum atomic E-state index is 0.0468. The van der Waals surface area contributed by atoms with Crippen molar-refractivity contribution in [3.05, 3.63) is 93.0 Å². The van der Waals surface area contributed by atoms with Gasteiger partial charge in [-0.1, -0.05) is 47.5 Å². The van der Waals surface area contributed by atoms with Crippen LogP contribution in [0.2, 0.25) is 10.0 Å². The van der Waals surface area contributed by atoms with Crippen molar-refractivity contribution >= 4 is 34.7 Å². The first-order chi connectivity index (χ1) is 19.0. The van der Waals surface area contributed by atoms with E-state index in [0.717, 1.165) is 59.4 Å². The van der Waals surface area contributed by atoms with Gasteiger partial charge in [0, 0.05) is 30.8 Å². The number of ether oxygens (including phenoxy) is 3. The Balaban J connectivity index is 1.39. The molecule has 5 rings (SSSR count). The van der Waals surface area contributed by atoms with Crippen LogP contribution in [0.5, 0.6) is 17.2 Å². The molecular formula is C31H32Cl2N2O4. The van der Waals surface area contributed by atoms with Crippen LogP contribution in [-0.4, -0.2) is 44.2 Å². The van der Waals surface area contributed by atoms with Gasteiger partial charge in [0.1, 0.15) is 23.9 Å². The quantitative estimate of drug-likeness (QED) is 0.302. The molecule has 39 heavy (non-hydrogen) atoms. The summed E-state index contributed by atoms with van der Waals surface area (Å²) in [6.45, 7) is 2.13. The molecule has 0 bridgehead atoms. The molecule has 2 aliphatic rings. The Labute approximate surface area is 239 Å². The second-order valence-electron chi connectivity index (χ2n) is 9.80. The summed E-state index contributed by atoms with van der Waals surface area (Å²) in [5.41, 5.74) is 4.64. The van der Waals surface area contributed by atoms with E-state index in [4.69, 9.17) is 37.4 Å². The lowest BCUT2D eigenvalue weighted by Crippen LogP contribution is -2.39. The van der Waals surface area contributed by atoms with E-state index in [1.165, 1.54) is 0 Å². The van der Waals surface area contributed by atoms with Crippen LogP contribution in [0.15, 0.2) is 66.2 Å². The number of hydrogen-bond acceptors (Lipinski definition) is 5. The van der Waals surface area contributed by atoms with Gasteiger partial charge in [0.2, 0.25) is 0 Å². The maximum atomic E-state index is 14.0. The molecule has 1 heterocycles. The highest BCUT2D eigenvalue weighted by atomic mass is 35.5. The van der Waals surface area contributed by atoms with E-state index in [-0.39, 0.29) is 11.9 Å². The molecule has 0 atom stereocenters. The van der Waals surface area contributed by atoms with Crippen LogP contribution in [-0.2, 0) is 17.9 Å². The van der Waals surface area contributed by atoms with Gasteiger partial charge in [-0.25, -0.2) is 0 Å². The van der Waals surface area contributed by atoms with Gasteiger partial charge < -0.3 is 24.4 Å². The lowest BCUT2D eigenvalue weighted by atomic mass is 9.93. The van der Waals surface area contributed by atoms with Crippen molar-refractivity contribution in [3.63, 3.8) is 0 Å². The SMILES string of the molecule is COc1cc(COc2cccc(C3=C(C(=O)N(Cc4cccc(Cl)c4Cl)C4CC4)CNCC3)c2)cc(OC)c1. The molecule has 3 aromatic rings. The topological polar surface area (TPSA) is 60.0 Å². The van der Waals surface area contributed by atoms with Gasteiger partial charge in [0.05, 0.1) is 24.3 Å². The van der Waals surface area contributed by atoms with Crippen LogP contribution in [0.25, 0.3) is 5.57 Å². The van der Waals surface area contributed by atoms with Crippen molar-refractivity contribution in [2.75, 3.05) is 27.3 Å². The fraction of sp³-hybridized carbons (Fsp3) is 0.323. The number of amides is 1. The Morgan fingerprint density at radius 1 is 0.974 bits per heavy atom. The second kappa shape index (κ2) is 12.3. The van der Waals surface area contributed by atoms with Crippen molar-refractivity contribution in [1.82, 2.24) is 10.2 Å². The van der Waals surface area contributed by atoms with Crippen molar-refractivity contribution in [2.45, 2.75) is 38.5 Å². The van der Waals surface area contributed by atoms with E-state index in [1.807, 2.05) is 59.5 Å². The molecule has 204 valence electrons. The summed E-state index contributed by atoms with van der Waals surface area (Å²) in [4.78, 5) is 15.9. The fourth-order valence-electron chi connectivity index (χ4n) is 4.88. The van der Waals surface area contributed by atoms with Gasteiger partial charge >= 0.3 is 0 Å². The molecule has 0 spiro atoms. The van der Waals surface area contributed by atoms with Gasteiger partial charge in [0.15, 0.2) is 0 Å². The van der Waals surface area contributed by atoms with Gasteiger partial charge in [-0.15, -0.1) is 0 Å². The molecule has 6 nitrogen and oxygen atoms in total. The van der Waals surface area contributed by atoms with E-state index in [9.17, 15) is 4.79 Å². The molecule has 1 amide bonds. The number of carbonyl (C=O) groups excluding carboxylic acids is 1. The molecule has 1 aliphatic heterocycles. The largest absolute Gasteiger partial charge is 0.497 e. The zero-order valence-corrected chi connectivity index (χ0v) is 23.6. The summed E-state index contributed by atoms with van der Waals surface area (Å²) in [5.74, 6) is 2.20. The molecule has 0 radical (unpaired) electrons. The third-order valence-corrected chi connectivity index (χ3v) is 7.95. The number of rotatable bonds is 10. The molecule has 0 saturated heterocycles. The van der Waals surface area contributed by atoms with E-state index < -0.39 is 0 Å². The molecule has 8 heteroatoms. The van der Waals surface area contributed by atoms with E-state index in [0.29, 0.717) is 41.2 Å². The highest BCUT2D eigenvalue weighted by molar-refractivity contribution is 6.42. The molecule has 3 aromatic carbocycles. The highest BCUT2D eigenvalue weighted by Gasteiger charge is 2.35. The first kappa shape index (κ1) is 27.4. The Morgan fingerprint density at radius 3 is 2.44 bits per heavy atom. The number of halogens is 2. The van der Waals surface area contributed by atoms with Crippen molar-refractivity contribution in [1.29, 1.82) is 0 Å². The molecule has 1 N–H and O–H groups in total. The summed E-state index contributed by atoms with van der Waals surface area (Å²) >= 11 is 12.7. The first-order valence-electron chi connectivity index (χ1n) is 13.1. The summed E-state index contributed by atoms with van der Waals surface area (Å²) < 4.78 is 16.9. The smallest absolute Gasteiger partial charge is 0.251 e. The zero-order valence-electron chi connectivity index (χ0n) is 22.1. The minimum Gasteiger partial charge on any atom is -0.497 e. The van der Waals surface area contributed by atoms with Crippen molar-refractivity contribution in [3.8, 4) is 17.2 Å². The van der Waals surface area contributed by atoms with Gasteiger partial charge in [-0.05, 0) is 78.4 Å². The predicted octanol–water partition coefficient (Wildman–Crippen LogP) is 6.53. The molecule has 1 fully saturated rings. The second-order valence-corrected chi connectivity index (χ2v) is 10.6. The summed E-state index contributed by atoms with van der Waals surface area (Å²) in [5, 5.41) is 4.40. The Bertz CT molecular complexity index is 1360. The number of methoxy groups -OCH3 is 2. The molecule has 0 aromatic heterocycles. The number of nitrogens with zero attached hydrogens (tertiary/aromatic N) is 1. The van der Waals surface area contributed by atoms with Crippen LogP contribution in [0.4, 0.5) is 0 Å². The molecule has 1 saturated carbocycles. The number of carbonyl (C=O) groups is 1. The number of hydrogen-bond donors (Lipinski definition) is 1. The lowest BCUT2D eigenvalue weighted by Gasteiger charge is -2.28. The van der Waals surface area contributed by atoms with Crippen LogP contribution in [0.3, 0.4) is 0 Å². The third kappa shape index (κ3) is 6.52. The van der Waals surface area contributed by atoms with Crippen molar-refractivity contribution in [2.24, 2.45) is 0 Å². The van der Waals surface area contributed by atoms with Crippen LogP contribution in [0, 0.1) is 0 Å². The van der Waals surface area contributed by atoms with E-state index in [1.54, 1.807) is 20.3 Å². The summed E-state index contributed by atoms with van der Waals surface area (Å²) in [6.07, 6.45) is 2.75. The summed E-state index contributed by atoms with van der Waals surface area (Å²) in [7, 11) is 3.25. The molecular weight excluding hydrogens is 535 g/mol. The zero-order chi connectivity index (χ0) is 27.4. The van der Waals surface area contributed by atoms with Gasteiger partial charge in [0.25, 0.3) is 5.91 Å². The average molecular weight is 568 g/mol. The van der Waals surface area contributed by atoms with E-state index in [2.05, 4.69) is 5.32 Å². The molecule has 1 aliphatic carbocycles. The van der Waals surface area contributed by atoms with Gasteiger partial charge in [-0.3, -0.25) is 4.79 Å². The minimum absolute atomic E-state index is 0.0468. The normalized spacial score (nSPS) is 15.2. The maximum absolute atomic E-state index is 14.0. The Kier molecular flexibility index (Phi) is 8.66. The predicted molar refractivity (Wildman–Crippen MR) is 155 cm³/mol. The monoisotopic (exact) mass is 566 g/mol. The third-order valence-electron chi connectivity index (χ3n) is 7.10. The first-order valence-corrected chi connectivity index (χ1v) is 13.8. The maximum Gasteiger partial charge on any atom is 0.251 e. The molecule has 0 unspecified atom stereocenters.